The van der Waals surface area contributed by atoms with Gasteiger partial charge in [-0.15, -0.1) is 0 Å². The van der Waals surface area contributed by atoms with Crippen molar-refractivity contribution in [3.63, 3.8) is 0 Å². The highest BCUT2D eigenvalue weighted by Crippen LogP contribution is 2.41. The summed E-state index contributed by atoms with van der Waals surface area (Å²) in [5.74, 6) is -0.769. The lowest BCUT2D eigenvalue weighted by Crippen LogP contribution is -2.68. The van der Waals surface area contributed by atoms with E-state index in [0.717, 1.165) is 25.5 Å². The van der Waals surface area contributed by atoms with Gasteiger partial charge in [-0.1, -0.05) is 109 Å². The van der Waals surface area contributed by atoms with Crippen LogP contribution in [0.5, 0.6) is 0 Å². The topological polar surface area (TPSA) is 91.3 Å². The summed E-state index contributed by atoms with van der Waals surface area (Å²) < 4.78 is 26.4. The Balaban J connectivity index is 2.14. The van der Waals surface area contributed by atoms with Gasteiger partial charge in [0, 0.05) is 12.0 Å². The highest BCUT2D eigenvalue weighted by atomic mass is 28.4. The predicted octanol–water partition coefficient (Wildman–Crippen LogP) is 7.19. The number of hydrogen-bond acceptors (Lipinski definition) is 7. The van der Waals surface area contributed by atoms with E-state index in [-0.39, 0.29) is 46.9 Å². The Morgan fingerprint density at radius 3 is 1.90 bits per heavy atom. The van der Waals surface area contributed by atoms with Gasteiger partial charge in [0.1, 0.15) is 6.29 Å². The molecule has 9 heteroatoms. The second-order valence-corrected chi connectivity index (χ2v) is 25.3. The quantitative estimate of drug-likeness (QED) is 0.113. The standard InChI is InChI=1S/C39H62O7Si2/c1-29(28-40)36(41)26-33(45-47(9,10)38(2,3)4)25-32(24-30-18-17-19-31(44-30)27-37(42)43-8)46-48(39(5,6)7,34-20-13-11-14-21-34)35-22-15-12-16-23-35/h11-16,20-23,28-33,36,41H,17-19,24-27H2,1-10H3/t29-,30-,31+,32-,33-,36+/m0/s1. The maximum Gasteiger partial charge on any atom is 0.308 e. The summed E-state index contributed by atoms with van der Waals surface area (Å²) >= 11 is 0. The van der Waals surface area contributed by atoms with E-state index in [4.69, 9.17) is 18.3 Å². The molecule has 0 aliphatic carbocycles. The lowest BCUT2D eigenvalue weighted by Gasteiger charge is -2.47. The van der Waals surface area contributed by atoms with Crippen LogP contribution in [0.15, 0.2) is 60.7 Å². The first-order valence-corrected chi connectivity index (χ1v) is 22.6. The first-order valence-electron chi connectivity index (χ1n) is 17.8. The predicted molar refractivity (Wildman–Crippen MR) is 199 cm³/mol. The number of ether oxygens (including phenoxy) is 2. The maximum atomic E-state index is 12.2. The van der Waals surface area contributed by atoms with Crippen molar-refractivity contribution in [2.45, 2.75) is 147 Å². The molecule has 1 heterocycles. The van der Waals surface area contributed by atoms with Crippen LogP contribution in [0.1, 0.15) is 93.4 Å². The number of aliphatic hydroxyl groups excluding tert-OH is 1. The van der Waals surface area contributed by atoms with Gasteiger partial charge in [-0.05, 0) is 72.1 Å². The molecule has 1 fully saturated rings. The van der Waals surface area contributed by atoms with E-state index in [1.807, 2.05) is 12.1 Å². The van der Waals surface area contributed by atoms with Crippen molar-refractivity contribution in [1.29, 1.82) is 0 Å². The van der Waals surface area contributed by atoms with Gasteiger partial charge in [0.05, 0.1) is 37.9 Å². The SMILES string of the molecule is COC(=O)C[C@H]1CCC[C@@H](C[C@@H](C[C@@H](C[C@@H](O)[C@@H](C)C=O)O[Si](C)(C)C(C)(C)C)O[Si](c2ccccc2)(c2ccccc2)C(C)(C)C)O1. The molecule has 1 aliphatic heterocycles. The molecule has 1 aliphatic rings. The average molecular weight is 699 g/mol. The van der Waals surface area contributed by atoms with Crippen molar-refractivity contribution in [1.82, 2.24) is 0 Å². The third-order valence-electron chi connectivity index (χ3n) is 10.5. The Bertz CT molecular complexity index is 1230. The molecule has 0 bridgehead atoms. The van der Waals surface area contributed by atoms with Crippen molar-refractivity contribution in [2.75, 3.05) is 7.11 Å². The van der Waals surface area contributed by atoms with Crippen LogP contribution in [0.2, 0.25) is 23.2 Å². The van der Waals surface area contributed by atoms with Crippen LogP contribution in [0.4, 0.5) is 0 Å². The molecule has 0 saturated carbocycles. The number of esters is 1. The smallest absolute Gasteiger partial charge is 0.308 e. The lowest BCUT2D eigenvalue weighted by atomic mass is 9.94. The summed E-state index contributed by atoms with van der Waals surface area (Å²) in [6.07, 6.45) is 3.45. The zero-order valence-corrected chi connectivity index (χ0v) is 33.2. The molecule has 268 valence electrons. The highest BCUT2D eigenvalue weighted by molar-refractivity contribution is 6.99. The molecular weight excluding hydrogens is 637 g/mol. The molecule has 3 rings (SSSR count). The summed E-state index contributed by atoms with van der Waals surface area (Å²) in [6, 6.07) is 21.2. The zero-order valence-electron chi connectivity index (χ0n) is 31.2. The molecule has 0 spiro atoms. The third-order valence-corrected chi connectivity index (χ3v) is 20.1. The Hall–Kier alpha value is -2.15. The van der Waals surface area contributed by atoms with Gasteiger partial charge in [0.25, 0.3) is 8.32 Å². The van der Waals surface area contributed by atoms with Gasteiger partial charge in [-0.3, -0.25) is 4.79 Å². The minimum atomic E-state index is -2.97. The van der Waals surface area contributed by atoms with Crippen molar-refractivity contribution in [2.24, 2.45) is 5.92 Å². The number of methoxy groups -OCH3 is 1. The van der Waals surface area contributed by atoms with Crippen molar-refractivity contribution in [3.05, 3.63) is 60.7 Å². The number of benzene rings is 2. The fourth-order valence-electron chi connectivity index (χ4n) is 6.65. The normalized spacial score (nSPS) is 20.4. The van der Waals surface area contributed by atoms with E-state index in [2.05, 4.69) is 103 Å². The fraction of sp³-hybridized carbons (Fsp3) is 0.641. The molecule has 0 aromatic heterocycles. The fourth-order valence-corrected chi connectivity index (χ4v) is 12.7. The van der Waals surface area contributed by atoms with Crippen molar-refractivity contribution in [3.8, 4) is 0 Å². The Kier molecular flexibility index (Phi) is 14.4. The first kappa shape index (κ1) is 40.3. The highest BCUT2D eigenvalue weighted by Gasteiger charge is 2.52. The average Bonchev–Trinajstić information content (AvgIpc) is 3.02. The van der Waals surface area contributed by atoms with Crippen LogP contribution in [0.25, 0.3) is 0 Å². The number of carbonyl (C=O) groups excluding carboxylic acids is 2. The molecule has 48 heavy (non-hydrogen) atoms. The lowest BCUT2D eigenvalue weighted by molar-refractivity contribution is -0.147. The molecular formula is C39H62O7Si2. The zero-order chi connectivity index (χ0) is 35.8. The number of aliphatic hydroxyl groups is 1. The molecule has 1 N–H and O–H groups in total. The monoisotopic (exact) mass is 698 g/mol. The van der Waals surface area contributed by atoms with Crippen LogP contribution in [0, 0.1) is 5.92 Å². The minimum absolute atomic E-state index is 0.0472. The van der Waals surface area contributed by atoms with Crippen LogP contribution >= 0.6 is 0 Å². The molecule has 7 nitrogen and oxygen atoms in total. The molecule has 6 atom stereocenters. The summed E-state index contributed by atoms with van der Waals surface area (Å²) in [4.78, 5) is 23.9. The Morgan fingerprint density at radius 1 is 0.875 bits per heavy atom. The summed E-state index contributed by atoms with van der Waals surface area (Å²) in [6.45, 7) is 19.7. The molecule has 1 saturated heterocycles. The Morgan fingerprint density at radius 2 is 1.42 bits per heavy atom. The maximum absolute atomic E-state index is 12.2. The molecule has 2 aromatic rings. The van der Waals surface area contributed by atoms with Crippen LogP contribution < -0.4 is 10.4 Å². The number of rotatable bonds is 16. The summed E-state index contributed by atoms with van der Waals surface area (Å²) in [5, 5.41) is 13.3. The van der Waals surface area contributed by atoms with Crippen LogP contribution in [0.3, 0.4) is 0 Å². The molecule has 0 amide bonds. The van der Waals surface area contributed by atoms with E-state index < -0.39 is 28.7 Å². The number of aldehydes is 1. The van der Waals surface area contributed by atoms with Gasteiger partial charge in [-0.25, -0.2) is 0 Å². The number of carbonyl (C=O) groups is 2. The molecule has 0 radical (unpaired) electrons. The van der Waals surface area contributed by atoms with Gasteiger partial charge < -0.3 is 28.2 Å². The van der Waals surface area contributed by atoms with E-state index in [0.29, 0.717) is 19.3 Å². The Labute approximate surface area is 292 Å². The third kappa shape index (κ3) is 10.4. The second-order valence-electron chi connectivity index (χ2n) is 16.3. The number of hydrogen-bond donors (Lipinski definition) is 1. The minimum Gasteiger partial charge on any atom is -0.469 e. The van der Waals surface area contributed by atoms with E-state index >= 15 is 0 Å². The van der Waals surface area contributed by atoms with E-state index in [9.17, 15) is 14.7 Å². The molecule has 0 unspecified atom stereocenters. The van der Waals surface area contributed by atoms with Crippen molar-refractivity contribution < 1.29 is 33.0 Å². The first-order chi connectivity index (χ1) is 22.4. The largest absolute Gasteiger partial charge is 0.469 e. The van der Waals surface area contributed by atoms with Gasteiger partial charge >= 0.3 is 5.97 Å². The van der Waals surface area contributed by atoms with Crippen molar-refractivity contribution >= 4 is 39.3 Å². The van der Waals surface area contributed by atoms with Crippen LogP contribution in [-0.4, -0.2) is 71.6 Å². The van der Waals surface area contributed by atoms with Gasteiger partial charge in [0.2, 0.25) is 0 Å². The summed E-state index contributed by atoms with van der Waals surface area (Å²) in [5.41, 5.74) is 0. The van der Waals surface area contributed by atoms with Crippen LogP contribution in [-0.2, 0) is 27.9 Å². The van der Waals surface area contributed by atoms with Gasteiger partial charge in [-0.2, -0.15) is 0 Å². The van der Waals surface area contributed by atoms with E-state index in [1.165, 1.54) is 17.5 Å². The second kappa shape index (κ2) is 17.2. The van der Waals surface area contributed by atoms with E-state index in [1.54, 1.807) is 6.92 Å². The van der Waals surface area contributed by atoms with Gasteiger partial charge in [0.15, 0.2) is 8.32 Å². The summed E-state index contributed by atoms with van der Waals surface area (Å²) in [7, 11) is -3.84. The molecule has 2 aromatic carbocycles.